The number of nitrogens with one attached hydrogen (secondary N) is 1. The fraction of sp³-hybridized carbons (Fsp3) is 0.467. The van der Waals surface area contributed by atoms with Crippen LogP contribution in [-0.2, 0) is 6.54 Å². The molecule has 0 aliphatic heterocycles. The Labute approximate surface area is 114 Å². The van der Waals surface area contributed by atoms with Crippen molar-refractivity contribution in [3.63, 3.8) is 0 Å². The number of aryl methyl sites for hydroxylation is 2. The van der Waals surface area contributed by atoms with Crippen LogP contribution >= 0.6 is 0 Å². The van der Waals surface area contributed by atoms with Crippen LogP contribution in [0.15, 0.2) is 23.0 Å². The molecule has 0 aliphatic rings. The summed E-state index contributed by atoms with van der Waals surface area (Å²) in [4.78, 5) is 9.13. The van der Waals surface area contributed by atoms with Gasteiger partial charge in [-0.15, -0.1) is 0 Å². The van der Waals surface area contributed by atoms with Gasteiger partial charge in [0.1, 0.15) is 6.26 Å². The lowest BCUT2D eigenvalue weighted by atomic mass is 10.1. The van der Waals surface area contributed by atoms with E-state index < -0.39 is 0 Å². The smallest absolute Gasteiger partial charge is 0.162 e. The molecule has 0 amide bonds. The van der Waals surface area contributed by atoms with Gasteiger partial charge in [-0.3, -0.25) is 0 Å². The van der Waals surface area contributed by atoms with E-state index in [2.05, 4.69) is 29.1 Å². The number of rotatable bonds is 5. The van der Waals surface area contributed by atoms with Gasteiger partial charge in [0, 0.05) is 23.5 Å². The van der Waals surface area contributed by atoms with E-state index in [-0.39, 0.29) is 0 Å². The molecule has 2 rings (SSSR count). The van der Waals surface area contributed by atoms with Gasteiger partial charge >= 0.3 is 0 Å². The number of nitrogens with zero attached hydrogens (tertiary/aromatic N) is 2. The molecule has 0 atom stereocenters. The van der Waals surface area contributed by atoms with Crippen molar-refractivity contribution < 1.29 is 4.42 Å². The molecule has 0 aliphatic carbocycles. The Kier molecular flexibility index (Phi) is 4.32. The van der Waals surface area contributed by atoms with Gasteiger partial charge in [-0.1, -0.05) is 13.8 Å². The quantitative estimate of drug-likeness (QED) is 0.896. The van der Waals surface area contributed by atoms with E-state index in [4.69, 9.17) is 4.42 Å². The lowest BCUT2D eigenvalue weighted by molar-refractivity contribution is 0.549. The molecule has 0 saturated carbocycles. The van der Waals surface area contributed by atoms with E-state index in [0.717, 1.165) is 35.9 Å². The first-order valence-corrected chi connectivity index (χ1v) is 6.65. The fourth-order valence-electron chi connectivity index (χ4n) is 2.00. The molecule has 4 nitrogen and oxygen atoms in total. The minimum Gasteiger partial charge on any atom is -0.472 e. The lowest BCUT2D eigenvalue weighted by Gasteiger charge is -2.12. The number of hydrogen-bond acceptors (Lipinski definition) is 4. The van der Waals surface area contributed by atoms with Crippen molar-refractivity contribution in [2.75, 3.05) is 6.54 Å². The van der Waals surface area contributed by atoms with E-state index >= 15 is 0 Å². The second kappa shape index (κ2) is 5.97. The second-order valence-corrected chi connectivity index (χ2v) is 5.23. The van der Waals surface area contributed by atoms with Crippen molar-refractivity contribution in [2.24, 2.45) is 5.92 Å². The monoisotopic (exact) mass is 259 g/mol. The van der Waals surface area contributed by atoms with Crippen LogP contribution in [0, 0.1) is 19.8 Å². The topological polar surface area (TPSA) is 51.0 Å². The van der Waals surface area contributed by atoms with Crippen molar-refractivity contribution in [1.29, 1.82) is 0 Å². The average Bonchev–Trinajstić information content (AvgIpc) is 2.85. The molecule has 102 valence electrons. The molecule has 0 saturated heterocycles. The molecule has 0 spiro atoms. The van der Waals surface area contributed by atoms with Gasteiger partial charge in [0.05, 0.1) is 11.8 Å². The molecule has 0 aromatic carbocycles. The predicted molar refractivity (Wildman–Crippen MR) is 75.8 cm³/mol. The lowest BCUT2D eigenvalue weighted by Crippen LogP contribution is -2.21. The summed E-state index contributed by atoms with van der Waals surface area (Å²) in [6, 6.07) is 1.88. The van der Waals surface area contributed by atoms with Crippen LogP contribution in [0.4, 0.5) is 0 Å². The number of hydrogen-bond donors (Lipinski definition) is 1. The third kappa shape index (κ3) is 3.41. The molecule has 2 heterocycles. The van der Waals surface area contributed by atoms with Crippen molar-refractivity contribution in [3.05, 3.63) is 35.5 Å². The molecule has 0 radical (unpaired) electrons. The molecule has 1 N–H and O–H groups in total. The molecule has 0 bridgehead atoms. The first-order chi connectivity index (χ1) is 9.08. The molecular weight excluding hydrogens is 238 g/mol. The second-order valence-electron chi connectivity index (χ2n) is 5.23. The van der Waals surface area contributed by atoms with Crippen LogP contribution < -0.4 is 5.32 Å². The summed E-state index contributed by atoms with van der Waals surface area (Å²) in [5.74, 6) is 1.38. The van der Waals surface area contributed by atoms with Gasteiger partial charge in [0.25, 0.3) is 0 Å². The van der Waals surface area contributed by atoms with Crippen molar-refractivity contribution in [3.8, 4) is 11.4 Å². The molecule has 4 heteroatoms. The van der Waals surface area contributed by atoms with Gasteiger partial charge in [-0.2, -0.15) is 0 Å². The standard InChI is InChI=1S/C15H21N3O/c1-10(2)7-16-8-14-11(3)17-15(18-12(14)4)13-5-6-19-9-13/h5-6,9-10,16H,7-8H2,1-4H3. The van der Waals surface area contributed by atoms with Gasteiger partial charge in [-0.05, 0) is 32.4 Å². The predicted octanol–water partition coefficient (Wildman–Crippen LogP) is 3.10. The zero-order valence-corrected chi connectivity index (χ0v) is 12.0. The SMILES string of the molecule is Cc1nc(-c2ccoc2)nc(C)c1CNCC(C)C. The van der Waals surface area contributed by atoms with Crippen LogP contribution in [0.25, 0.3) is 11.4 Å². The average molecular weight is 259 g/mol. The molecule has 0 fully saturated rings. The summed E-state index contributed by atoms with van der Waals surface area (Å²) in [6.45, 7) is 10.3. The van der Waals surface area contributed by atoms with E-state index in [1.54, 1.807) is 12.5 Å². The van der Waals surface area contributed by atoms with Crippen molar-refractivity contribution >= 4 is 0 Å². The third-order valence-corrected chi connectivity index (χ3v) is 3.05. The Morgan fingerprint density at radius 2 is 1.89 bits per heavy atom. The maximum atomic E-state index is 5.08. The maximum absolute atomic E-state index is 5.08. The number of aromatic nitrogens is 2. The molecular formula is C15H21N3O. The highest BCUT2D eigenvalue weighted by molar-refractivity contribution is 5.53. The zero-order valence-electron chi connectivity index (χ0n) is 12.0. The minimum absolute atomic E-state index is 0.645. The highest BCUT2D eigenvalue weighted by atomic mass is 16.3. The van der Waals surface area contributed by atoms with Gasteiger partial charge < -0.3 is 9.73 Å². The zero-order chi connectivity index (χ0) is 13.8. The molecule has 2 aromatic heterocycles. The molecule has 2 aromatic rings. The summed E-state index contributed by atoms with van der Waals surface area (Å²) in [5, 5.41) is 3.44. The summed E-state index contributed by atoms with van der Waals surface area (Å²) in [6.07, 6.45) is 3.31. The van der Waals surface area contributed by atoms with Crippen molar-refractivity contribution in [2.45, 2.75) is 34.2 Å². The third-order valence-electron chi connectivity index (χ3n) is 3.05. The molecule has 0 unspecified atom stereocenters. The summed E-state index contributed by atoms with van der Waals surface area (Å²) in [5.41, 5.74) is 4.17. The fourth-order valence-corrected chi connectivity index (χ4v) is 2.00. The normalized spacial score (nSPS) is 11.2. The van der Waals surface area contributed by atoms with E-state index in [1.165, 1.54) is 5.56 Å². The van der Waals surface area contributed by atoms with Crippen LogP contribution in [0.5, 0.6) is 0 Å². The van der Waals surface area contributed by atoms with Gasteiger partial charge in [0.2, 0.25) is 0 Å². The maximum Gasteiger partial charge on any atom is 0.162 e. The van der Waals surface area contributed by atoms with E-state index in [9.17, 15) is 0 Å². The Balaban J connectivity index is 2.18. The van der Waals surface area contributed by atoms with Crippen LogP contribution in [0.2, 0.25) is 0 Å². The Morgan fingerprint density at radius 3 is 2.42 bits per heavy atom. The van der Waals surface area contributed by atoms with E-state index in [0.29, 0.717) is 5.92 Å². The Bertz CT molecular complexity index is 509. The largest absolute Gasteiger partial charge is 0.472 e. The Morgan fingerprint density at radius 1 is 1.21 bits per heavy atom. The highest BCUT2D eigenvalue weighted by Gasteiger charge is 2.10. The Hall–Kier alpha value is -1.68. The number of furan rings is 1. The van der Waals surface area contributed by atoms with Crippen LogP contribution in [0.3, 0.4) is 0 Å². The van der Waals surface area contributed by atoms with Gasteiger partial charge in [0.15, 0.2) is 5.82 Å². The first-order valence-electron chi connectivity index (χ1n) is 6.65. The van der Waals surface area contributed by atoms with Gasteiger partial charge in [-0.25, -0.2) is 9.97 Å². The van der Waals surface area contributed by atoms with Crippen molar-refractivity contribution in [1.82, 2.24) is 15.3 Å². The summed E-state index contributed by atoms with van der Waals surface area (Å²) < 4.78 is 5.08. The van der Waals surface area contributed by atoms with Crippen LogP contribution in [0.1, 0.15) is 30.8 Å². The van der Waals surface area contributed by atoms with E-state index in [1.807, 2.05) is 19.9 Å². The first kappa shape index (κ1) is 13.7. The summed E-state index contributed by atoms with van der Waals surface area (Å²) >= 11 is 0. The summed E-state index contributed by atoms with van der Waals surface area (Å²) in [7, 11) is 0. The minimum atomic E-state index is 0.645. The van der Waals surface area contributed by atoms with Crippen LogP contribution in [-0.4, -0.2) is 16.5 Å². The molecule has 19 heavy (non-hydrogen) atoms. The highest BCUT2D eigenvalue weighted by Crippen LogP contribution is 2.19.